The molecule has 0 radical (unpaired) electrons. The predicted molar refractivity (Wildman–Crippen MR) is 45.3 cm³/mol. The molecule has 0 fully saturated rings. The molecule has 0 N–H and O–H groups in total. The molecule has 3 nitrogen and oxygen atoms in total. The Balaban J connectivity index is 0.00000144. The Bertz CT molecular complexity index is 289. The molecule has 13 heavy (non-hydrogen) atoms. The Morgan fingerprint density at radius 2 is 1.92 bits per heavy atom. The molecule has 0 saturated heterocycles. The maximum atomic E-state index is 11.2. The summed E-state index contributed by atoms with van der Waals surface area (Å²) < 4.78 is 15.9. The minimum Gasteiger partial charge on any atom is -0.775 e. The Labute approximate surface area is 120 Å². The van der Waals surface area contributed by atoms with E-state index in [4.69, 9.17) is 0 Å². The van der Waals surface area contributed by atoms with Gasteiger partial charge in [-0.25, -0.2) is 0 Å². The van der Waals surface area contributed by atoms with Crippen LogP contribution in [0.25, 0.3) is 0 Å². The molecule has 0 aliphatic rings. The van der Waals surface area contributed by atoms with Crippen molar-refractivity contribution in [2.24, 2.45) is 0 Å². The molecule has 1 aromatic carbocycles. The van der Waals surface area contributed by atoms with Crippen molar-refractivity contribution in [2.75, 3.05) is 6.61 Å². The zero-order valence-corrected chi connectivity index (χ0v) is 11.8. The van der Waals surface area contributed by atoms with Crippen LogP contribution in [-0.2, 0) is 9.09 Å². The minimum absolute atomic E-state index is 0. The summed E-state index contributed by atoms with van der Waals surface area (Å²) in [6.07, 6.45) is 0. The third-order valence-corrected chi connectivity index (χ3v) is 2.90. The van der Waals surface area contributed by atoms with E-state index in [0.29, 0.717) is 0 Å². The van der Waals surface area contributed by atoms with Crippen LogP contribution in [0.5, 0.6) is 0 Å². The fourth-order valence-corrected chi connectivity index (χ4v) is 1.88. The second kappa shape index (κ2) is 6.48. The van der Waals surface area contributed by atoms with E-state index in [9.17, 15) is 9.46 Å². The van der Waals surface area contributed by atoms with E-state index < -0.39 is 7.60 Å². The van der Waals surface area contributed by atoms with Crippen molar-refractivity contribution in [1.29, 1.82) is 0 Å². The molecule has 0 aliphatic heterocycles. The van der Waals surface area contributed by atoms with E-state index in [2.05, 4.69) is 4.52 Å². The zero-order chi connectivity index (χ0) is 9.03. The fourth-order valence-electron chi connectivity index (χ4n) is 0.855. The second-order valence-corrected chi connectivity index (χ2v) is 4.02. The van der Waals surface area contributed by atoms with Crippen molar-refractivity contribution < 1.29 is 65.4 Å². The maximum absolute atomic E-state index is 11.2. The molecule has 1 atom stereocenters. The van der Waals surface area contributed by atoms with Gasteiger partial charge in [-0.15, -0.1) is 0 Å². The van der Waals surface area contributed by atoms with Gasteiger partial charge in [-0.05, 0) is 6.92 Å². The molecule has 1 unspecified atom stereocenters. The van der Waals surface area contributed by atoms with E-state index in [0.717, 1.165) is 0 Å². The second-order valence-electron chi connectivity index (χ2n) is 2.25. The van der Waals surface area contributed by atoms with Gasteiger partial charge in [0.05, 0.1) is 6.61 Å². The van der Waals surface area contributed by atoms with Crippen LogP contribution in [0.4, 0.5) is 0 Å². The standard InChI is InChI=1S/C8H11O3P.K/c1-2-11-12(9,10)8-6-4-3-5-7-8;/h3-7H,2H2,1H3,(H,9,10);/q;+1/p-1. The summed E-state index contributed by atoms with van der Waals surface area (Å²) >= 11 is 0. The molecule has 0 aliphatic carbocycles. The monoisotopic (exact) mass is 224 g/mol. The number of hydrogen-bond acceptors (Lipinski definition) is 3. The predicted octanol–water partition coefficient (Wildman–Crippen LogP) is -2.09. The summed E-state index contributed by atoms with van der Waals surface area (Å²) in [5, 5.41) is 0.229. The number of benzene rings is 1. The van der Waals surface area contributed by atoms with E-state index in [1.54, 1.807) is 25.1 Å². The van der Waals surface area contributed by atoms with Gasteiger partial charge in [-0.2, -0.15) is 0 Å². The van der Waals surface area contributed by atoms with Crippen LogP contribution in [-0.4, -0.2) is 6.61 Å². The van der Waals surface area contributed by atoms with Crippen LogP contribution < -0.4 is 61.6 Å². The van der Waals surface area contributed by atoms with Gasteiger partial charge in [0.15, 0.2) is 7.60 Å². The van der Waals surface area contributed by atoms with Crippen LogP contribution in [0.2, 0.25) is 0 Å². The summed E-state index contributed by atoms with van der Waals surface area (Å²) in [6, 6.07) is 8.13. The summed E-state index contributed by atoms with van der Waals surface area (Å²) in [5.41, 5.74) is 0. The molecule has 1 rings (SSSR count). The number of rotatable bonds is 3. The average molecular weight is 224 g/mol. The summed E-state index contributed by atoms with van der Waals surface area (Å²) in [7, 11) is -3.79. The Morgan fingerprint density at radius 1 is 1.38 bits per heavy atom. The minimum atomic E-state index is -3.79. The normalized spacial score (nSPS) is 14.3. The van der Waals surface area contributed by atoms with Gasteiger partial charge in [0, 0.05) is 5.30 Å². The first kappa shape index (κ1) is 14.0. The van der Waals surface area contributed by atoms with Crippen LogP contribution in [0.3, 0.4) is 0 Å². The smallest absolute Gasteiger partial charge is 0.775 e. The van der Waals surface area contributed by atoms with Crippen LogP contribution in [0.1, 0.15) is 6.92 Å². The topological polar surface area (TPSA) is 49.4 Å². The molecule has 0 amide bonds. The molecule has 0 spiro atoms. The Kier molecular flexibility index (Phi) is 6.98. The Morgan fingerprint density at radius 3 is 2.38 bits per heavy atom. The average Bonchev–Trinajstić information content (AvgIpc) is 2.06. The van der Waals surface area contributed by atoms with E-state index >= 15 is 0 Å². The van der Waals surface area contributed by atoms with Crippen molar-refractivity contribution in [2.45, 2.75) is 6.92 Å². The van der Waals surface area contributed by atoms with Gasteiger partial charge in [-0.1, -0.05) is 30.3 Å². The molecule has 0 bridgehead atoms. The van der Waals surface area contributed by atoms with Crippen molar-refractivity contribution >= 4 is 12.9 Å². The van der Waals surface area contributed by atoms with Gasteiger partial charge >= 0.3 is 51.4 Å². The summed E-state index contributed by atoms with van der Waals surface area (Å²) in [4.78, 5) is 11.2. The first-order chi connectivity index (χ1) is 5.67. The molecule has 1 aromatic rings. The van der Waals surface area contributed by atoms with Crippen LogP contribution in [0.15, 0.2) is 30.3 Å². The van der Waals surface area contributed by atoms with E-state index in [1.165, 1.54) is 12.1 Å². The molecule has 0 heterocycles. The van der Waals surface area contributed by atoms with Crippen molar-refractivity contribution in [3.63, 3.8) is 0 Å². The third-order valence-electron chi connectivity index (χ3n) is 1.37. The van der Waals surface area contributed by atoms with Crippen LogP contribution in [0, 0.1) is 0 Å². The van der Waals surface area contributed by atoms with Gasteiger partial charge in [0.2, 0.25) is 0 Å². The van der Waals surface area contributed by atoms with Crippen LogP contribution >= 0.6 is 7.60 Å². The largest absolute Gasteiger partial charge is 1.00 e. The molecule has 0 saturated carbocycles. The summed E-state index contributed by atoms with van der Waals surface area (Å²) in [5.74, 6) is 0. The molecule has 66 valence electrons. The van der Waals surface area contributed by atoms with Gasteiger partial charge in [0.1, 0.15) is 0 Å². The zero-order valence-electron chi connectivity index (χ0n) is 7.77. The van der Waals surface area contributed by atoms with E-state index in [1.807, 2.05) is 0 Å². The molecule has 0 aromatic heterocycles. The number of hydrogen-bond donors (Lipinski definition) is 0. The summed E-state index contributed by atoms with van der Waals surface area (Å²) in [6.45, 7) is 1.82. The maximum Gasteiger partial charge on any atom is 1.00 e. The van der Waals surface area contributed by atoms with Crippen molar-refractivity contribution in [3.8, 4) is 0 Å². The SMILES string of the molecule is CCOP(=O)([O-])c1ccccc1.[K+]. The van der Waals surface area contributed by atoms with Gasteiger partial charge in [-0.3, -0.25) is 0 Å². The molecular weight excluding hydrogens is 214 g/mol. The quantitative estimate of drug-likeness (QED) is 0.437. The Hall–Kier alpha value is 1.01. The van der Waals surface area contributed by atoms with Crippen molar-refractivity contribution in [3.05, 3.63) is 30.3 Å². The fraction of sp³-hybridized carbons (Fsp3) is 0.250. The van der Waals surface area contributed by atoms with E-state index in [-0.39, 0.29) is 63.3 Å². The molecular formula is C8H10KO3P. The van der Waals surface area contributed by atoms with Crippen molar-refractivity contribution in [1.82, 2.24) is 0 Å². The first-order valence-electron chi connectivity index (χ1n) is 3.68. The molecule has 5 heteroatoms. The third kappa shape index (κ3) is 4.36. The van der Waals surface area contributed by atoms with Gasteiger partial charge in [0.25, 0.3) is 0 Å². The first-order valence-corrected chi connectivity index (χ1v) is 5.22. The van der Waals surface area contributed by atoms with Gasteiger partial charge < -0.3 is 14.0 Å².